The normalized spacial score (nSPS) is 18.0. The monoisotopic (exact) mass is 563 g/mol. The molecule has 2 heterocycles. The van der Waals surface area contributed by atoms with Gasteiger partial charge in [-0.3, -0.25) is 4.79 Å². The topological polar surface area (TPSA) is 133 Å². The number of urea groups is 1. The molecular formula is C30H41N7O4. The van der Waals surface area contributed by atoms with E-state index >= 15 is 0 Å². The fraction of sp³-hybridized carbons (Fsp3) is 0.567. The van der Waals surface area contributed by atoms with Gasteiger partial charge in [-0.05, 0) is 51.3 Å². The lowest BCUT2D eigenvalue weighted by Crippen LogP contribution is -2.64. The first-order valence-corrected chi connectivity index (χ1v) is 14.4. The summed E-state index contributed by atoms with van der Waals surface area (Å²) in [6.45, 7) is 6.95. The number of ether oxygens (including phenoxy) is 1. The highest BCUT2D eigenvalue weighted by molar-refractivity contribution is 5.88. The number of nitrogens with zero attached hydrogens (tertiary/aromatic N) is 5. The number of aromatic nitrogens is 2. The number of rotatable bonds is 7. The van der Waals surface area contributed by atoms with Crippen molar-refractivity contribution in [2.75, 3.05) is 26.2 Å². The first kappa shape index (κ1) is 29.9. The maximum Gasteiger partial charge on any atom is 0.410 e. The maximum absolute atomic E-state index is 13.5. The molecule has 1 aromatic carbocycles. The Hall–Kier alpha value is -4.07. The number of nitriles is 1. The maximum atomic E-state index is 13.5. The molecule has 2 aromatic rings. The SMILES string of the molecule is CC(C)(C)OC(=O)N1CCN(C(=O)NC2CCCCC2)C(C(=O)NCCc2cncn2Cc2ccc(C#N)cc2)C1. The quantitative estimate of drug-likeness (QED) is 0.531. The lowest BCUT2D eigenvalue weighted by molar-refractivity contribution is -0.127. The van der Waals surface area contributed by atoms with Gasteiger partial charge in [-0.2, -0.15) is 5.26 Å². The molecule has 41 heavy (non-hydrogen) atoms. The molecule has 0 bridgehead atoms. The number of nitrogens with one attached hydrogen (secondary N) is 2. The van der Waals surface area contributed by atoms with E-state index in [9.17, 15) is 14.4 Å². The molecule has 1 unspecified atom stereocenters. The number of carbonyl (C=O) groups excluding carboxylic acids is 3. The summed E-state index contributed by atoms with van der Waals surface area (Å²) in [6.07, 6.45) is 8.79. The molecule has 2 aliphatic rings. The Bertz CT molecular complexity index is 1240. The average Bonchev–Trinajstić information content (AvgIpc) is 3.39. The Labute approximate surface area is 241 Å². The molecule has 1 atom stereocenters. The fourth-order valence-corrected chi connectivity index (χ4v) is 5.26. The highest BCUT2D eigenvalue weighted by atomic mass is 16.6. The minimum atomic E-state index is -0.830. The van der Waals surface area contributed by atoms with E-state index in [1.165, 1.54) is 11.3 Å². The number of hydrogen-bond donors (Lipinski definition) is 2. The van der Waals surface area contributed by atoms with Crippen LogP contribution in [0.5, 0.6) is 0 Å². The molecule has 0 radical (unpaired) electrons. The van der Waals surface area contributed by atoms with E-state index in [2.05, 4.69) is 21.7 Å². The minimum absolute atomic E-state index is 0.0649. The Balaban J connectivity index is 1.38. The second-order valence-electron chi connectivity index (χ2n) is 11.8. The molecule has 4 rings (SSSR count). The molecule has 11 nitrogen and oxygen atoms in total. The lowest BCUT2D eigenvalue weighted by atomic mass is 9.95. The van der Waals surface area contributed by atoms with Crippen molar-refractivity contribution >= 4 is 18.0 Å². The number of benzene rings is 1. The molecule has 2 fully saturated rings. The van der Waals surface area contributed by atoms with E-state index in [0.717, 1.165) is 36.9 Å². The molecule has 220 valence electrons. The van der Waals surface area contributed by atoms with Crippen LogP contribution in [0.4, 0.5) is 9.59 Å². The van der Waals surface area contributed by atoms with Gasteiger partial charge in [0, 0.05) is 50.5 Å². The van der Waals surface area contributed by atoms with Crippen molar-refractivity contribution < 1.29 is 19.1 Å². The van der Waals surface area contributed by atoms with Gasteiger partial charge in [-0.15, -0.1) is 0 Å². The minimum Gasteiger partial charge on any atom is -0.444 e. The van der Waals surface area contributed by atoms with Crippen molar-refractivity contribution in [1.82, 2.24) is 30.0 Å². The zero-order valence-electron chi connectivity index (χ0n) is 24.3. The third kappa shape index (κ3) is 8.46. The summed E-state index contributed by atoms with van der Waals surface area (Å²) in [6, 6.07) is 8.54. The molecule has 1 saturated heterocycles. The number of piperazine rings is 1. The van der Waals surface area contributed by atoms with Crippen LogP contribution in [-0.2, 0) is 22.5 Å². The lowest BCUT2D eigenvalue weighted by Gasteiger charge is -2.41. The second-order valence-corrected chi connectivity index (χ2v) is 11.8. The number of carbonyl (C=O) groups is 3. The van der Waals surface area contributed by atoms with Crippen LogP contribution in [0.1, 0.15) is 69.7 Å². The third-order valence-electron chi connectivity index (χ3n) is 7.44. The van der Waals surface area contributed by atoms with E-state index in [1.807, 2.05) is 16.7 Å². The Morgan fingerprint density at radius 1 is 1.10 bits per heavy atom. The zero-order chi connectivity index (χ0) is 29.4. The van der Waals surface area contributed by atoms with Gasteiger partial charge in [0.15, 0.2) is 0 Å². The van der Waals surface area contributed by atoms with Crippen LogP contribution >= 0.6 is 0 Å². The molecule has 1 aromatic heterocycles. The van der Waals surface area contributed by atoms with Crippen LogP contribution < -0.4 is 10.6 Å². The van der Waals surface area contributed by atoms with Gasteiger partial charge in [0.05, 0.1) is 24.5 Å². The van der Waals surface area contributed by atoms with Crippen LogP contribution in [0, 0.1) is 11.3 Å². The first-order valence-electron chi connectivity index (χ1n) is 14.4. The van der Waals surface area contributed by atoms with Gasteiger partial charge in [-0.1, -0.05) is 31.4 Å². The van der Waals surface area contributed by atoms with E-state index in [0.29, 0.717) is 31.6 Å². The predicted molar refractivity (Wildman–Crippen MR) is 153 cm³/mol. The average molecular weight is 564 g/mol. The number of amides is 4. The highest BCUT2D eigenvalue weighted by Crippen LogP contribution is 2.20. The standard InChI is InChI=1S/C30H41N7O4/c1-30(2,3)41-29(40)35-15-16-37(28(39)34-24-7-5-4-6-8-24)26(20-35)27(38)33-14-13-25-18-32-21-36(25)19-23-11-9-22(17-31)10-12-23/h9-12,18,21,24,26H,4-8,13-16,19-20H2,1-3H3,(H,33,38)(H,34,39). The Kier molecular flexibility index (Phi) is 9.86. The van der Waals surface area contributed by atoms with Crippen molar-refractivity contribution in [1.29, 1.82) is 5.26 Å². The molecule has 0 spiro atoms. The van der Waals surface area contributed by atoms with Crippen LogP contribution in [0.3, 0.4) is 0 Å². The van der Waals surface area contributed by atoms with Gasteiger partial charge >= 0.3 is 12.1 Å². The van der Waals surface area contributed by atoms with E-state index < -0.39 is 17.7 Å². The highest BCUT2D eigenvalue weighted by Gasteiger charge is 2.38. The number of hydrogen-bond acceptors (Lipinski definition) is 6. The molecular weight excluding hydrogens is 522 g/mol. The van der Waals surface area contributed by atoms with Crippen molar-refractivity contribution in [3.8, 4) is 6.07 Å². The van der Waals surface area contributed by atoms with Crippen LogP contribution in [0.25, 0.3) is 0 Å². The fourth-order valence-electron chi connectivity index (χ4n) is 5.26. The molecule has 1 saturated carbocycles. The van der Waals surface area contributed by atoms with Crippen LogP contribution in [0.2, 0.25) is 0 Å². The number of imidazole rings is 1. The van der Waals surface area contributed by atoms with Crippen molar-refractivity contribution in [3.05, 3.63) is 53.6 Å². The van der Waals surface area contributed by atoms with E-state index in [-0.39, 0.29) is 31.1 Å². The van der Waals surface area contributed by atoms with Crippen molar-refractivity contribution in [3.63, 3.8) is 0 Å². The van der Waals surface area contributed by atoms with Crippen LogP contribution in [-0.4, -0.2) is 81.2 Å². The van der Waals surface area contributed by atoms with Crippen molar-refractivity contribution in [2.24, 2.45) is 0 Å². The molecule has 1 aliphatic carbocycles. The summed E-state index contributed by atoms with van der Waals surface area (Å²) in [4.78, 5) is 46.9. The third-order valence-corrected chi connectivity index (χ3v) is 7.44. The Morgan fingerprint density at radius 3 is 2.51 bits per heavy atom. The molecule has 2 N–H and O–H groups in total. The zero-order valence-corrected chi connectivity index (χ0v) is 24.3. The van der Waals surface area contributed by atoms with E-state index in [4.69, 9.17) is 10.00 Å². The summed E-state index contributed by atoms with van der Waals surface area (Å²) >= 11 is 0. The van der Waals surface area contributed by atoms with Gasteiger partial charge in [0.1, 0.15) is 11.6 Å². The predicted octanol–water partition coefficient (Wildman–Crippen LogP) is 3.43. The summed E-state index contributed by atoms with van der Waals surface area (Å²) in [5.41, 5.74) is 1.93. The van der Waals surface area contributed by atoms with Gasteiger partial charge in [-0.25, -0.2) is 14.6 Å². The summed E-state index contributed by atoms with van der Waals surface area (Å²) in [5, 5.41) is 15.1. The summed E-state index contributed by atoms with van der Waals surface area (Å²) in [5.74, 6) is -0.310. The van der Waals surface area contributed by atoms with Gasteiger partial charge in [0.2, 0.25) is 5.91 Å². The summed E-state index contributed by atoms with van der Waals surface area (Å²) < 4.78 is 7.54. The second kappa shape index (κ2) is 13.5. The molecule has 11 heteroatoms. The van der Waals surface area contributed by atoms with Gasteiger partial charge < -0.3 is 29.7 Å². The Morgan fingerprint density at radius 2 is 1.83 bits per heavy atom. The van der Waals surface area contributed by atoms with E-state index in [1.54, 1.807) is 50.3 Å². The van der Waals surface area contributed by atoms with Crippen LogP contribution in [0.15, 0.2) is 36.8 Å². The smallest absolute Gasteiger partial charge is 0.410 e. The summed E-state index contributed by atoms with van der Waals surface area (Å²) in [7, 11) is 0. The largest absolute Gasteiger partial charge is 0.444 e. The first-order chi connectivity index (χ1) is 19.6. The molecule has 4 amide bonds. The van der Waals surface area contributed by atoms with Gasteiger partial charge in [0.25, 0.3) is 0 Å². The molecule has 1 aliphatic heterocycles. The van der Waals surface area contributed by atoms with Crippen molar-refractivity contribution in [2.45, 2.75) is 83.5 Å².